The third-order valence-electron chi connectivity index (χ3n) is 3.80. The quantitative estimate of drug-likeness (QED) is 0.610. The molecule has 0 saturated heterocycles. The van der Waals surface area contributed by atoms with Crippen molar-refractivity contribution in [1.82, 2.24) is 3.97 Å². The number of nitrogens with zero attached hydrogens (tertiary/aromatic N) is 1. The molecule has 0 aliphatic heterocycles. The Hall–Kier alpha value is -1.37. The normalized spacial score (nSPS) is 12.7. The van der Waals surface area contributed by atoms with Gasteiger partial charge in [0.25, 0.3) is 10.0 Å². The monoisotopic (exact) mass is 407 g/mol. The van der Waals surface area contributed by atoms with Gasteiger partial charge in [-0.2, -0.15) is 0 Å². The van der Waals surface area contributed by atoms with Crippen molar-refractivity contribution in [3.63, 3.8) is 0 Å². The van der Waals surface area contributed by atoms with E-state index in [2.05, 4.69) is 35.6 Å². The number of rotatable bonds is 3. The molecule has 120 valence electrons. The van der Waals surface area contributed by atoms with Gasteiger partial charge in [0.05, 0.1) is 10.4 Å². The number of fused-ring (bicyclic) bond motifs is 1. The zero-order valence-corrected chi connectivity index (χ0v) is 16.6. The molecule has 1 heterocycles. The van der Waals surface area contributed by atoms with Crippen LogP contribution in [0.15, 0.2) is 64.0 Å². The highest BCUT2D eigenvalue weighted by Crippen LogP contribution is 2.28. The van der Waals surface area contributed by atoms with Crippen LogP contribution in [0.25, 0.3) is 10.9 Å². The van der Waals surface area contributed by atoms with Crippen molar-refractivity contribution in [2.75, 3.05) is 0 Å². The number of halogens is 1. The first-order valence-electron chi connectivity index (χ1n) is 7.34. The van der Waals surface area contributed by atoms with Crippen molar-refractivity contribution >= 4 is 50.2 Å². The van der Waals surface area contributed by atoms with Gasteiger partial charge < -0.3 is 0 Å². The van der Waals surface area contributed by atoms with Gasteiger partial charge in [-0.1, -0.05) is 59.8 Å². The first kappa shape index (κ1) is 16.5. The smallest absolute Gasteiger partial charge is 0.242 e. The summed E-state index contributed by atoms with van der Waals surface area (Å²) in [5.74, 6) is 0. The molecule has 3 nitrogen and oxygen atoms in total. The number of hydrogen-bond donors (Lipinski definition) is 0. The molecular weight excluding hydrogens is 390 g/mol. The average molecular weight is 408 g/mol. The lowest BCUT2D eigenvalue weighted by molar-refractivity contribution is 0.590. The second-order valence-electron chi connectivity index (χ2n) is 6.53. The van der Waals surface area contributed by atoms with Crippen LogP contribution >= 0.6 is 15.9 Å². The predicted molar refractivity (Wildman–Crippen MR) is 102 cm³/mol. The van der Waals surface area contributed by atoms with E-state index in [1.165, 1.54) is 3.97 Å². The molecule has 3 rings (SSSR count). The van der Waals surface area contributed by atoms with Gasteiger partial charge in [0.2, 0.25) is 0 Å². The van der Waals surface area contributed by atoms with Gasteiger partial charge in [0.1, 0.15) is 8.07 Å². The van der Waals surface area contributed by atoms with Crippen molar-refractivity contribution in [3.05, 3.63) is 59.1 Å². The van der Waals surface area contributed by atoms with Crippen LogP contribution in [0.1, 0.15) is 0 Å². The van der Waals surface area contributed by atoms with Crippen molar-refractivity contribution in [2.24, 2.45) is 0 Å². The Morgan fingerprint density at radius 2 is 1.61 bits per heavy atom. The molecule has 0 N–H and O–H groups in total. The average Bonchev–Trinajstić information content (AvgIpc) is 2.90. The fourth-order valence-corrected chi connectivity index (χ4v) is 7.05. The van der Waals surface area contributed by atoms with Crippen LogP contribution in [0.4, 0.5) is 0 Å². The maximum absolute atomic E-state index is 13.3. The third kappa shape index (κ3) is 2.79. The predicted octanol–water partition coefficient (Wildman–Crippen LogP) is 4.19. The Morgan fingerprint density at radius 1 is 0.957 bits per heavy atom. The van der Waals surface area contributed by atoms with E-state index in [4.69, 9.17) is 0 Å². The largest absolute Gasteiger partial charge is 0.268 e. The van der Waals surface area contributed by atoms with Gasteiger partial charge in [0, 0.05) is 15.2 Å². The molecule has 0 atom stereocenters. The zero-order valence-electron chi connectivity index (χ0n) is 13.2. The molecule has 0 saturated carbocycles. The molecule has 23 heavy (non-hydrogen) atoms. The van der Waals surface area contributed by atoms with Gasteiger partial charge in [-0.25, -0.2) is 12.4 Å². The molecule has 0 amide bonds. The minimum absolute atomic E-state index is 0.317. The molecule has 1 aromatic heterocycles. The Kier molecular flexibility index (Phi) is 4.02. The highest BCUT2D eigenvalue weighted by Gasteiger charge is 2.30. The van der Waals surface area contributed by atoms with Crippen molar-refractivity contribution in [3.8, 4) is 0 Å². The van der Waals surface area contributed by atoms with Crippen molar-refractivity contribution in [2.45, 2.75) is 24.5 Å². The van der Waals surface area contributed by atoms with E-state index in [9.17, 15) is 8.42 Å². The van der Waals surface area contributed by atoms with Crippen LogP contribution in [0, 0.1) is 0 Å². The summed E-state index contributed by atoms with van der Waals surface area (Å²) in [5, 5.41) is 1.84. The van der Waals surface area contributed by atoms with E-state index in [0.717, 1.165) is 20.7 Å². The van der Waals surface area contributed by atoms with Crippen LogP contribution in [0.2, 0.25) is 19.6 Å². The highest BCUT2D eigenvalue weighted by atomic mass is 79.9. The lowest BCUT2D eigenvalue weighted by Gasteiger charge is -2.20. The maximum Gasteiger partial charge on any atom is 0.268 e. The minimum atomic E-state index is -3.62. The molecule has 0 radical (unpaired) electrons. The summed E-state index contributed by atoms with van der Waals surface area (Å²) in [6.45, 7) is 6.48. The fraction of sp³-hybridized carbons (Fsp3) is 0.176. The maximum atomic E-state index is 13.3. The van der Waals surface area contributed by atoms with Crippen LogP contribution in [0.5, 0.6) is 0 Å². The molecule has 6 heteroatoms. The molecule has 0 spiro atoms. The first-order chi connectivity index (χ1) is 10.7. The second-order valence-corrected chi connectivity index (χ2v) is 14.2. The van der Waals surface area contributed by atoms with Gasteiger partial charge in [0.15, 0.2) is 0 Å². The van der Waals surface area contributed by atoms with E-state index >= 15 is 0 Å². The van der Waals surface area contributed by atoms with Gasteiger partial charge in [-0.05, 0) is 30.3 Å². The Balaban J connectivity index is 2.43. The van der Waals surface area contributed by atoms with E-state index in [1.54, 1.807) is 24.3 Å². The lowest BCUT2D eigenvalue weighted by atomic mass is 10.3. The Bertz CT molecular complexity index is 973. The third-order valence-corrected chi connectivity index (χ3v) is 8.30. The first-order valence-corrected chi connectivity index (χ1v) is 13.1. The highest BCUT2D eigenvalue weighted by molar-refractivity contribution is 9.10. The summed E-state index contributed by atoms with van der Waals surface area (Å²) in [6.07, 6.45) is 0. The summed E-state index contributed by atoms with van der Waals surface area (Å²) in [7, 11) is -5.49. The summed E-state index contributed by atoms with van der Waals surface area (Å²) < 4.78 is 29.0. The molecule has 0 bridgehead atoms. The summed E-state index contributed by atoms with van der Waals surface area (Å²) in [4.78, 5) is 0.317. The molecular formula is C17H18BrNO2SSi. The van der Waals surface area contributed by atoms with Crippen LogP contribution in [-0.2, 0) is 10.0 Å². The van der Waals surface area contributed by atoms with Crippen molar-refractivity contribution < 1.29 is 8.42 Å². The molecule has 0 unspecified atom stereocenters. The molecule has 2 aromatic carbocycles. The molecule has 3 aromatic rings. The minimum Gasteiger partial charge on any atom is -0.242 e. The van der Waals surface area contributed by atoms with E-state index in [1.807, 2.05) is 30.3 Å². The van der Waals surface area contributed by atoms with E-state index < -0.39 is 18.1 Å². The summed E-state index contributed by atoms with van der Waals surface area (Å²) in [6, 6.07) is 16.3. The summed E-state index contributed by atoms with van der Waals surface area (Å²) >= 11 is 3.54. The van der Waals surface area contributed by atoms with Crippen LogP contribution in [0.3, 0.4) is 0 Å². The fourth-order valence-electron chi connectivity index (χ4n) is 2.65. The Morgan fingerprint density at radius 3 is 2.22 bits per heavy atom. The zero-order chi connectivity index (χ0) is 16.8. The van der Waals surface area contributed by atoms with Crippen LogP contribution in [-0.4, -0.2) is 20.5 Å². The van der Waals surface area contributed by atoms with Crippen LogP contribution < -0.4 is 5.32 Å². The standard InChI is InChI=1S/C17H18BrNO2SSi/c1-23(2,3)17-12-14-15(18)10-7-11-16(14)19(17)22(20,21)13-8-5-4-6-9-13/h4-12H,1-3H3. The van der Waals surface area contributed by atoms with E-state index in [-0.39, 0.29) is 0 Å². The molecule has 0 fully saturated rings. The van der Waals surface area contributed by atoms with Gasteiger partial charge in [-0.15, -0.1) is 0 Å². The lowest BCUT2D eigenvalue weighted by Crippen LogP contribution is -2.44. The number of benzene rings is 2. The number of hydrogen-bond acceptors (Lipinski definition) is 2. The number of aromatic nitrogens is 1. The summed E-state index contributed by atoms with van der Waals surface area (Å²) in [5.41, 5.74) is 0.723. The van der Waals surface area contributed by atoms with Gasteiger partial charge >= 0.3 is 0 Å². The molecule has 0 aliphatic rings. The van der Waals surface area contributed by atoms with Gasteiger partial charge in [-0.3, -0.25) is 0 Å². The SMILES string of the molecule is C[Si](C)(C)c1cc2c(Br)cccc2n1S(=O)(=O)c1ccccc1. The van der Waals surface area contributed by atoms with E-state index in [0.29, 0.717) is 4.90 Å². The topological polar surface area (TPSA) is 39.1 Å². The van der Waals surface area contributed by atoms with Crippen molar-refractivity contribution in [1.29, 1.82) is 0 Å². The molecule has 0 aliphatic carbocycles. The second kappa shape index (κ2) is 5.61. The Labute approximate surface area is 146 Å².